The van der Waals surface area contributed by atoms with Crippen LogP contribution in [0.4, 0.5) is 0 Å². The number of aromatic carboxylic acids is 1. The molecule has 0 fully saturated rings. The summed E-state index contributed by atoms with van der Waals surface area (Å²) >= 11 is 1.46. The van der Waals surface area contributed by atoms with Crippen LogP contribution in [0.2, 0.25) is 0 Å². The van der Waals surface area contributed by atoms with E-state index < -0.39 is 5.97 Å². The van der Waals surface area contributed by atoms with Crippen molar-refractivity contribution >= 4 is 27.5 Å². The Labute approximate surface area is 180 Å². The average molecular weight is 433 g/mol. The van der Waals surface area contributed by atoms with Crippen molar-refractivity contribution < 1.29 is 19.4 Å². The zero-order valence-corrected chi connectivity index (χ0v) is 17.4. The first-order valence-electron chi connectivity index (χ1n) is 9.68. The van der Waals surface area contributed by atoms with Gasteiger partial charge in [0.2, 0.25) is 6.79 Å². The molecule has 0 spiro atoms. The van der Waals surface area contributed by atoms with Crippen LogP contribution >= 0.6 is 11.3 Å². The summed E-state index contributed by atoms with van der Waals surface area (Å²) in [6, 6.07) is 12.3. The first-order chi connectivity index (χ1) is 15.0. The number of carbonyl (C=O) groups excluding carboxylic acids is 1. The minimum absolute atomic E-state index is 0.0936. The van der Waals surface area contributed by atoms with Crippen LogP contribution in [-0.4, -0.2) is 22.7 Å². The van der Waals surface area contributed by atoms with Crippen LogP contribution in [0.5, 0.6) is 11.5 Å². The number of nitrogens with zero attached hydrogens (tertiary/aromatic N) is 1. The van der Waals surface area contributed by atoms with Crippen molar-refractivity contribution in [3.05, 3.63) is 85.8 Å². The number of hydrogen-bond donors (Lipinski definition) is 1. The van der Waals surface area contributed by atoms with E-state index in [1.54, 1.807) is 18.2 Å². The minimum atomic E-state index is -1.25. The van der Waals surface area contributed by atoms with Gasteiger partial charge in [-0.05, 0) is 42.2 Å². The highest BCUT2D eigenvalue weighted by atomic mass is 32.1. The number of aryl methyl sites for hydroxylation is 1. The topological polar surface area (TPSA) is 104 Å². The van der Waals surface area contributed by atoms with Gasteiger partial charge < -0.3 is 24.4 Å². The van der Waals surface area contributed by atoms with E-state index in [0.29, 0.717) is 33.8 Å². The zero-order chi connectivity index (χ0) is 21.5. The van der Waals surface area contributed by atoms with Gasteiger partial charge in [0.1, 0.15) is 10.7 Å². The summed E-state index contributed by atoms with van der Waals surface area (Å²) in [5.74, 6) is 0.589. The fourth-order valence-corrected chi connectivity index (χ4v) is 4.89. The number of ether oxygens (including phenoxy) is 2. The molecule has 0 bridgehead atoms. The molecule has 1 N–H and O–H groups in total. The fraction of sp³-hybridized carbons (Fsp3) is 0.174. The second-order valence-corrected chi connectivity index (χ2v) is 8.52. The van der Waals surface area contributed by atoms with E-state index in [1.807, 2.05) is 25.1 Å². The van der Waals surface area contributed by atoms with Crippen molar-refractivity contribution in [2.75, 3.05) is 6.79 Å². The van der Waals surface area contributed by atoms with E-state index >= 15 is 0 Å². The second-order valence-electron chi connectivity index (χ2n) is 7.32. The third-order valence-electron chi connectivity index (χ3n) is 5.32. The quantitative estimate of drug-likeness (QED) is 0.519. The largest absolute Gasteiger partial charge is 0.545 e. The van der Waals surface area contributed by atoms with Gasteiger partial charge in [-0.3, -0.25) is 4.79 Å². The summed E-state index contributed by atoms with van der Waals surface area (Å²) in [6.45, 7) is 2.19. The van der Waals surface area contributed by atoms with Crippen molar-refractivity contribution in [2.45, 2.75) is 19.8 Å². The Balaban J connectivity index is 1.51. The van der Waals surface area contributed by atoms with Gasteiger partial charge in [0.05, 0.1) is 11.4 Å². The molecular weight excluding hydrogens is 416 g/mol. The van der Waals surface area contributed by atoms with Crippen LogP contribution < -0.4 is 20.1 Å². The number of benzene rings is 2. The summed E-state index contributed by atoms with van der Waals surface area (Å²) in [4.78, 5) is 33.4. The van der Waals surface area contributed by atoms with E-state index in [2.05, 4.69) is 9.97 Å². The van der Waals surface area contributed by atoms with Crippen LogP contribution in [0.25, 0.3) is 10.2 Å². The van der Waals surface area contributed by atoms with Gasteiger partial charge in [-0.1, -0.05) is 30.3 Å². The summed E-state index contributed by atoms with van der Waals surface area (Å²) < 4.78 is 10.8. The van der Waals surface area contributed by atoms with Crippen molar-refractivity contribution in [3.63, 3.8) is 0 Å². The van der Waals surface area contributed by atoms with Gasteiger partial charge in [-0.25, -0.2) is 4.98 Å². The number of carboxylic acids is 1. The Bertz CT molecular complexity index is 1390. The molecule has 2 aromatic carbocycles. The van der Waals surface area contributed by atoms with Crippen LogP contribution in [0, 0.1) is 6.92 Å². The van der Waals surface area contributed by atoms with Gasteiger partial charge in [0.15, 0.2) is 11.5 Å². The molecule has 0 saturated heterocycles. The van der Waals surface area contributed by atoms with Crippen LogP contribution in [0.3, 0.4) is 0 Å². The predicted molar refractivity (Wildman–Crippen MR) is 114 cm³/mol. The molecule has 4 aromatic rings. The number of carboxylic acid groups (broad SMARTS) is 1. The Morgan fingerprint density at radius 1 is 1.16 bits per heavy atom. The lowest BCUT2D eigenvalue weighted by Gasteiger charge is -2.09. The van der Waals surface area contributed by atoms with Crippen molar-refractivity contribution in [1.82, 2.24) is 9.97 Å². The normalized spacial score (nSPS) is 12.4. The van der Waals surface area contributed by atoms with Gasteiger partial charge in [0.25, 0.3) is 5.56 Å². The highest BCUT2D eigenvalue weighted by Crippen LogP contribution is 2.35. The lowest BCUT2D eigenvalue weighted by Crippen LogP contribution is -2.24. The predicted octanol–water partition coefficient (Wildman–Crippen LogP) is 2.57. The molecule has 0 saturated carbocycles. The SMILES string of the molecule is Cc1sc2nc(Cc3ccccc3C(=O)[O-])[nH]c(=O)c2c1Cc1ccc2c(c1)OCO2. The van der Waals surface area contributed by atoms with Gasteiger partial charge in [-0.2, -0.15) is 0 Å². The molecule has 3 heterocycles. The molecular formula is C23H17N2O5S-. The Morgan fingerprint density at radius 3 is 2.81 bits per heavy atom. The Hall–Kier alpha value is -3.65. The van der Waals surface area contributed by atoms with E-state index in [4.69, 9.17) is 9.47 Å². The van der Waals surface area contributed by atoms with Crippen LogP contribution in [0.15, 0.2) is 47.3 Å². The number of aromatic nitrogens is 2. The number of carbonyl (C=O) groups is 1. The fourth-order valence-electron chi connectivity index (χ4n) is 3.83. The number of hydrogen-bond acceptors (Lipinski definition) is 7. The number of nitrogens with one attached hydrogen (secondary N) is 1. The molecule has 0 aliphatic carbocycles. The standard InChI is InChI=1S/C23H18N2O5S/c1-12-16(8-13-6-7-17-18(9-13)30-11-29-17)20-21(26)24-19(25-22(20)31-12)10-14-4-2-3-5-15(14)23(27)28/h2-7,9H,8,10-11H2,1H3,(H,27,28)(H,24,25,26)/p-1. The molecule has 0 radical (unpaired) electrons. The smallest absolute Gasteiger partial charge is 0.259 e. The van der Waals surface area contributed by atoms with Crippen LogP contribution in [0.1, 0.15) is 37.7 Å². The van der Waals surface area contributed by atoms with Crippen molar-refractivity contribution in [3.8, 4) is 11.5 Å². The van der Waals surface area contributed by atoms with Gasteiger partial charge >= 0.3 is 0 Å². The number of thiophene rings is 1. The van der Waals surface area contributed by atoms with E-state index in [9.17, 15) is 14.7 Å². The maximum absolute atomic E-state index is 13.0. The molecule has 156 valence electrons. The third-order valence-corrected chi connectivity index (χ3v) is 6.37. The van der Waals surface area contributed by atoms with E-state index in [0.717, 1.165) is 21.8 Å². The summed E-state index contributed by atoms with van der Waals surface area (Å²) in [5, 5.41) is 11.9. The molecule has 8 heteroatoms. The van der Waals surface area contributed by atoms with Gasteiger partial charge in [0, 0.05) is 16.9 Å². The van der Waals surface area contributed by atoms with E-state index in [1.165, 1.54) is 17.4 Å². The lowest BCUT2D eigenvalue weighted by atomic mass is 10.0. The summed E-state index contributed by atoms with van der Waals surface area (Å²) in [5.41, 5.74) is 2.34. The maximum Gasteiger partial charge on any atom is 0.259 e. The minimum Gasteiger partial charge on any atom is -0.545 e. The molecule has 2 aromatic heterocycles. The molecule has 7 nitrogen and oxygen atoms in total. The average Bonchev–Trinajstić information content (AvgIpc) is 3.32. The summed E-state index contributed by atoms with van der Waals surface area (Å²) in [7, 11) is 0. The molecule has 0 amide bonds. The number of H-pyrrole nitrogens is 1. The summed E-state index contributed by atoms with van der Waals surface area (Å²) in [6.07, 6.45) is 0.768. The molecule has 0 unspecified atom stereocenters. The number of rotatable bonds is 5. The Kier molecular flexibility index (Phi) is 4.71. The highest BCUT2D eigenvalue weighted by Gasteiger charge is 2.18. The molecule has 5 rings (SSSR count). The molecule has 1 aliphatic heterocycles. The van der Waals surface area contributed by atoms with E-state index in [-0.39, 0.29) is 24.3 Å². The second kappa shape index (κ2) is 7.55. The molecule has 1 aliphatic rings. The Morgan fingerprint density at radius 2 is 1.97 bits per heavy atom. The zero-order valence-electron chi connectivity index (χ0n) is 16.6. The number of fused-ring (bicyclic) bond motifs is 2. The number of aromatic amines is 1. The third kappa shape index (κ3) is 3.55. The molecule has 0 atom stereocenters. The van der Waals surface area contributed by atoms with Gasteiger partial charge in [-0.15, -0.1) is 11.3 Å². The molecule has 31 heavy (non-hydrogen) atoms. The van der Waals surface area contributed by atoms with Crippen LogP contribution in [-0.2, 0) is 12.8 Å². The highest BCUT2D eigenvalue weighted by molar-refractivity contribution is 7.18. The van der Waals surface area contributed by atoms with Crippen molar-refractivity contribution in [2.24, 2.45) is 0 Å². The first-order valence-corrected chi connectivity index (χ1v) is 10.5. The monoisotopic (exact) mass is 433 g/mol. The van der Waals surface area contributed by atoms with Crippen molar-refractivity contribution in [1.29, 1.82) is 0 Å². The first kappa shape index (κ1) is 19.3. The lowest BCUT2D eigenvalue weighted by molar-refractivity contribution is -0.255. The maximum atomic E-state index is 13.0.